The smallest absolute Gasteiger partial charge is 0.295 e. The Bertz CT molecular complexity index is 1270. The Morgan fingerprint density at radius 3 is 2.39 bits per heavy atom. The van der Waals surface area contributed by atoms with E-state index < -0.39 is 17.7 Å². The first-order chi connectivity index (χ1) is 17.5. The van der Waals surface area contributed by atoms with Crippen molar-refractivity contribution in [3.8, 4) is 17.2 Å². The third-order valence-electron chi connectivity index (χ3n) is 5.72. The maximum Gasteiger partial charge on any atom is 0.295 e. The van der Waals surface area contributed by atoms with Crippen LogP contribution < -0.4 is 9.47 Å². The zero-order chi connectivity index (χ0) is 25.5. The van der Waals surface area contributed by atoms with E-state index in [0.717, 1.165) is 0 Å². The highest BCUT2D eigenvalue weighted by Crippen LogP contribution is 2.40. The van der Waals surface area contributed by atoms with Crippen LogP contribution in [0.1, 0.15) is 17.2 Å². The maximum atomic E-state index is 13.1. The number of hydrogen-bond donors (Lipinski definition) is 1. The first kappa shape index (κ1) is 24.8. The molecule has 0 bridgehead atoms. The largest absolute Gasteiger partial charge is 0.507 e. The van der Waals surface area contributed by atoms with Crippen LogP contribution in [0, 0.1) is 0 Å². The summed E-state index contributed by atoms with van der Waals surface area (Å²) in [6.07, 6.45) is 1.63. The monoisotopic (exact) mass is 485 g/mol. The summed E-state index contributed by atoms with van der Waals surface area (Å²) in [5.74, 6) is 0.0766. The van der Waals surface area contributed by atoms with Gasteiger partial charge in [-0.25, -0.2) is 0 Å². The van der Waals surface area contributed by atoms with Gasteiger partial charge < -0.3 is 24.2 Å². The summed E-state index contributed by atoms with van der Waals surface area (Å²) in [5.41, 5.74) is 1.03. The van der Waals surface area contributed by atoms with E-state index in [0.29, 0.717) is 35.0 Å². The SMILES string of the molecule is C=CCOc1ccc(/C(O)=C2/C(=O)C(=O)N(CCOC)C2c2cccc(Oc3ccccc3)c2)cc1. The molecule has 1 aliphatic rings. The highest BCUT2D eigenvalue weighted by atomic mass is 16.5. The Morgan fingerprint density at radius 2 is 1.69 bits per heavy atom. The van der Waals surface area contributed by atoms with Crippen LogP contribution in [0.3, 0.4) is 0 Å². The molecule has 184 valence electrons. The zero-order valence-corrected chi connectivity index (χ0v) is 19.9. The average Bonchev–Trinajstić information content (AvgIpc) is 3.16. The highest BCUT2D eigenvalue weighted by Gasteiger charge is 2.46. The Balaban J connectivity index is 1.75. The zero-order valence-electron chi connectivity index (χ0n) is 19.9. The lowest BCUT2D eigenvalue weighted by Gasteiger charge is -2.25. The number of rotatable bonds is 10. The van der Waals surface area contributed by atoms with E-state index in [-0.39, 0.29) is 24.5 Å². The minimum absolute atomic E-state index is 0.00715. The normalized spacial score (nSPS) is 16.7. The van der Waals surface area contributed by atoms with Gasteiger partial charge in [-0.15, -0.1) is 0 Å². The second-order valence-electron chi connectivity index (χ2n) is 8.10. The third-order valence-corrected chi connectivity index (χ3v) is 5.72. The van der Waals surface area contributed by atoms with E-state index in [9.17, 15) is 14.7 Å². The molecule has 1 unspecified atom stereocenters. The first-order valence-electron chi connectivity index (χ1n) is 11.5. The Kier molecular flexibility index (Phi) is 7.82. The molecule has 1 amide bonds. The van der Waals surface area contributed by atoms with Crippen molar-refractivity contribution in [3.63, 3.8) is 0 Å². The number of para-hydroxylation sites is 1. The van der Waals surface area contributed by atoms with E-state index in [2.05, 4.69) is 6.58 Å². The number of carbonyl (C=O) groups is 2. The molecule has 1 atom stereocenters. The molecular formula is C29H27NO6. The number of likely N-dealkylation sites (tertiary alicyclic amines) is 1. The number of carbonyl (C=O) groups excluding carboxylic acids is 2. The second-order valence-corrected chi connectivity index (χ2v) is 8.10. The van der Waals surface area contributed by atoms with Crippen molar-refractivity contribution in [3.05, 3.63) is 108 Å². The average molecular weight is 486 g/mol. The van der Waals surface area contributed by atoms with Gasteiger partial charge in [-0.3, -0.25) is 9.59 Å². The summed E-state index contributed by atoms with van der Waals surface area (Å²) < 4.78 is 16.6. The Labute approximate surface area is 209 Å². The Hall–Kier alpha value is -4.36. The first-order valence-corrected chi connectivity index (χ1v) is 11.5. The van der Waals surface area contributed by atoms with Crippen molar-refractivity contribution in [2.75, 3.05) is 26.9 Å². The molecule has 1 fully saturated rings. The molecule has 7 nitrogen and oxygen atoms in total. The molecule has 3 aromatic rings. The van der Waals surface area contributed by atoms with Gasteiger partial charge in [0, 0.05) is 19.2 Å². The predicted molar refractivity (Wildman–Crippen MR) is 136 cm³/mol. The van der Waals surface area contributed by atoms with Gasteiger partial charge in [0.15, 0.2) is 0 Å². The van der Waals surface area contributed by atoms with E-state index in [1.807, 2.05) is 30.3 Å². The highest BCUT2D eigenvalue weighted by molar-refractivity contribution is 6.46. The fraction of sp³-hybridized carbons (Fsp3) is 0.172. The number of nitrogens with zero attached hydrogens (tertiary/aromatic N) is 1. The molecule has 36 heavy (non-hydrogen) atoms. The van der Waals surface area contributed by atoms with Crippen LogP contribution in [0.25, 0.3) is 5.76 Å². The maximum absolute atomic E-state index is 13.1. The number of aliphatic hydroxyl groups is 1. The summed E-state index contributed by atoms with van der Waals surface area (Å²) in [6, 6.07) is 22.3. The minimum Gasteiger partial charge on any atom is -0.507 e. The minimum atomic E-state index is -0.809. The molecule has 3 aromatic carbocycles. The number of Topliss-reactive ketones (excluding diaryl/α,β-unsaturated/α-hetero) is 1. The van der Waals surface area contributed by atoms with E-state index in [1.165, 1.54) is 12.0 Å². The summed E-state index contributed by atoms with van der Waals surface area (Å²) in [4.78, 5) is 27.6. The van der Waals surface area contributed by atoms with Crippen LogP contribution in [0.4, 0.5) is 0 Å². The van der Waals surface area contributed by atoms with Crippen molar-refractivity contribution in [1.29, 1.82) is 0 Å². The number of amides is 1. The summed E-state index contributed by atoms with van der Waals surface area (Å²) in [7, 11) is 1.52. The number of ether oxygens (including phenoxy) is 3. The lowest BCUT2D eigenvalue weighted by molar-refractivity contribution is -0.140. The fourth-order valence-electron chi connectivity index (χ4n) is 4.04. The molecular weight excluding hydrogens is 458 g/mol. The van der Waals surface area contributed by atoms with Crippen molar-refractivity contribution >= 4 is 17.4 Å². The fourth-order valence-corrected chi connectivity index (χ4v) is 4.04. The summed E-state index contributed by atoms with van der Waals surface area (Å²) >= 11 is 0. The van der Waals surface area contributed by atoms with Gasteiger partial charge in [-0.2, -0.15) is 0 Å². The van der Waals surface area contributed by atoms with Crippen molar-refractivity contribution in [1.82, 2.24) is 4.90 Å². The van der Waals surface area contributed by atoms with Gasteiger partial charge in [-0.05, 0) is 54.1 Å². The summed E-state index contributed by atoms with van der Waals surface area (Å²) in [5, 5.41) is 11.2. The van der Waals surface area contributed by atoms with Gasteiger partial charge in [0.05, 0.1) is 18.2 Å². The number of aliphatic hydroxyl groups excluding tert-OH is 1. The third kappa shape index (κ3) is 5.31. The van der Waals surface area contributed by atoms with Gasteiger partial charge in [0.25, 0.3) is 11.7 Å². The molecule has 7 heteroatoms. The standard InChI is InChI=1S/C29H27NO6/c1-3-17-35-22-14-12-20(13-15-22)27(31)25-26(30(16-18-34-2)29(33)28(25)32)21-8-7-11-24(19-21)36-23-9-5-4-6-10-23/h3-15,19,26,31H,1,16-18H2,2H3/b27-25-. The number of hydrogen-bond acceptors (Lipinski definition) is 6. The van der Waals surface area contributed by atoms with Crippen LogP contribution in [0.2, 0.25) is 0 Å². The molecule has 0 aromatic heterocycles. The lowest BCUT2D eigenvalue weighted by atomic mass is 9.95. The number of benzene rings is 3. The quantitative estimate of drug-likeness (QED) is 0.186. The molecule has 1 aliphatic heterocycles. The van der Waals surface area contributed by atoms with Gasteiger partial charge in [0.1, 0.15) is 29.6 Å². The van der Waals surface area contributed by atoms with E-state index in [1.54, 1.807) is 54.6 Å². The van der Waals surface area contributed by atoms with Crippen LogP contribution >= 0.6 is 0 Å². The van der Waals surface area contributed by atoms with Crippen molar-refractivity contribution in [2.45, 2.75) is 6.04 Å². The molecule has 0 spiro atoms. The van der Waals surface area contributed by atoms with Crippen LogP contribution in [0.5, 0.6) is 17.2 Å². The number of ketones is 1. The molecule has 1 N–H and O–H groups in total. The van der Waals surface area contributed by atoms with E-state index >= 15 is 0 Å². The van der Waals surface area contributed by atoms with Gasteiger partial charge in [-0.1, -0.05) is 43.0 Å². The predicted octanol–water partition coefficient (Wildman–Crippen LogP) is 5.11. The van der Waals surface area contributed by atoms with Gasteiger partial charge >= 0.3 is 0 Å². The molecule has 0 saturated carbocycles. The Morgan fingerprint density at radius 1 is 0.972 bits per heavy atom. The summed E-state index contributed by atoms with van der Waals surface area (Å²) in [6.45, 7) is 4.38. The second kappa shape index (κ2) is 11.4. The van der Waals surface area contributed by atoms with Crippen molar-refractivity contribution in [2.24, 2.45) is 0 Å². The van der Waals surface area contributed by atoms with Crippen LogP contribution in [-0.2, 0) is 14.3 Å². The molecule has 0 aliphatic carbocycles. The molecule has 1 saturated heterocycles. The van der Waals surface area contributed by atoms with E-state index in [4.69, 9.17) is 14.2 Å². The topological polar surface area (TPSA) is 85.3 Å². The molecule has 0 radical (unpaired) electrons. The van der Waals surface area contributed by atoms with Crippen LogP contribution in [-0.4, -0.2) is 48.6 Å². The number of methoxy groups -OCH3 is 1. The van der Waals surface area contributed by atoms with Crippen molar-refractivity contribution < 1.29 is 28.9 Å². The van der Waals surface area contributed by atoms with Gasteiger partial charge in [0.2, 0.25) is 0 Å². The van der Waals surface area contributed by atoms with Crippen LogP contribution in [0.15, 0.2) is 97.1 Å². The molecule has 1 heterocycles. The lowest BCUT2D eigenvalue weighted by Crippen LogP contribution is -2.32. The molecule has 4 rings (SSSR count).